The van der Waals surface area contributed by atoms with Gasteiger partial charge < -0.3 is 9.52 Å². The molecule has 18 heavy (non-hydrogen) atoms. The fourth-order valence-corrected chi connectivity index (χ4v) is 3.78. The molecule has 102 valence electrons. The zero-order valence-corrected chi connectivity index (χ0v) is 12.9. The number of rotatable bonds is 6. The summed E-state index contributed by atoms with van der Waals surface area (Å²) in [7, 11) is -2.30. The van der Waals surface area contributed by atoms with Gasteiger partial charge in [-0.05, 0) is 22.2 Å². The first-order chi connectivity index (χ1) is 8.30. The van der Waals surface area contributed by atoms with Crippen molar-refractivity contribution in [2.45, 2.75) is 4.90 Å². The molecule has 1 heterocycles. The summed E-state index contributed by atoms with van der Waals surface area (Å²) in [5, 5.41) is 8.74. The second kappa shape index (κ2) is 6.09. The Bertz CT molecular complexity index is 539. The van der Waals surface area contributed by atoms with Crippen LogP contribution in [0, 0.1) is 0 Å². The Balaban J connectivity index is 3.08. The molecule has 0 saturated heterocycles. The Hall–Kier alpha value is -0.510. The van der Waals surface area contributed by atoms with Crippen LogP contribution in [0.4, 0.5) is 0 Å². The Morgan fingerprint density at radius 1 is 1.61 bits per heavy atom. The SMILES string of the molecule is CSCCN(C)S(=O)(=O)c1cc(C(=O)O)oc1Br. The van der Waals surface area contributed by atoms with Crippen LogP contribution in [0.15, 0.2) is 20.0 Å². The molecule has 1 aromatic rings. The quantitative estimate of drug-likeness (QED) is 0.833. The lowest BCUT2D eigenvalue weighted by molar-refractivity contribution is 0.0661. The number of hydrogen-bond acceptors (Lipinski definition) is 5. The van der Waals surface area contributed by atoms with Crippen molar-refractivity contribution in [1.82, 2.24) is 4.31 Å². The minimum atomic E-state index is -3.74. The summed E-state index contributed by atoms with van der Waals surface area (Å²) in [6.07, 6.45) is 1.87. The molecular formula is C9H12BrNO5S2. The summed E-state index contributed by atoms with van der Waals surface area (Å²) in [6.45, 7) is 0.337. The van der Waals surface area contributed by atoms with E-state index in [-0.39, 0.29) is 9.56 Å². The van der Waals surface area contributed by atoms with Gasteiger partial charge in [0.05, 0.1) is 0 Å². The van der Waals surface area contributed by atoms with Crippen molar-refractivity contribution in [3.8, 4) is 0 Å². The third-order valence-corrected chi connectivity index (χ3v) is 5.47. The number of carboxylic acids is 1. The molecule has 0 spiro atoms. The molecule has 1 aromatic heterocycles. The third-order valence-electron chi connectivity index (χ3n) is 2.16. The Morgan fingerprint density at radius 2 is 2.22 bits per heavy atom. The molecular weight excluding hydrogens is 346 g/mol. The molecule has 0 aliphatic heterocycles. The molecule has 0 aliphatic carbocycles. The smallest absolute Gasteiger partial charge is 0.371 e. The molecule has 0 saturated carbocycles. The lowest BCUT2D eigenvalue weighted by Gasteiger charge is -2.15. The number of hydrogen-bond donors (Lipinski definition) is 1. The van der Waals surface area contributed by atoms with Crippen LogP contribution in [0.3, 0.4) is 0 Å². The summed E-state index contributed by atoms with van der Waals surface area (Å²) in [6, 6.07) is 0.997. The summed E-state index contributed by atoms with van der Waals surface area (Å²) in [4.78, 5) is 10.5. The van der Waals surface area contributed by atoms with Gasteiger partial charge >= 0.3 is 5.97 Å². The number of aromatic carboxylic acids is 1. The summed E-state index contributed by atoms with van der Waals surface area (Å²) in [5.41, 5.74) is 0. The minimum absolute atomic E-state index is 0.101. The molecule has 0 amide bonds. The molecule has 0 aromatic carbocycles. The van der Waals surface area contributed by atoms with Crippen molar-refractivity contribution >= 4 is 43.7 Å². The van der Waals surface area contributed by atoms with Crippen LogP contribution in [-0.4, -0.2) is 49.4 Å². The van der Waals surface area contributed by atoms with Gasteiger partial charge in [-0.1, -0.05) is 0 Å². The predicted molar refractivity (Wildman–Crippen MR) is 71.6 cm³/mol. The van der Waals surface area contributed by atoms with Gasteiger partial charge in [-0.15, -0.1) is 0 Å². The first-order valence-corrected chi connectivity index (χ1v) is 8.41. The predicted octanol–water partition coefficient (Wildman–Crippen LogP) is 1.72. The fourth-order valence-electron chi connectivity index (χ4n) is 1.14. The number of furan rings is 1. The van der Waals surface area contributed by atoms with E-state index < -0.39 is 21.8 Å². The molecule has 1 rings (SSSR count). The van der Waals surface area contributed by atoms with Gasteiger partial charge in [-0.25, -0.2) is 13.2 Å². The van der Waals surface area contributed by atoms with E-state index in [9.17, 15) is 13.2 Å². The van der Waals surface area contributed by atoms with Crippen molar-refractivity contribution in [1.29, 1.82) is 0 Å². The first kappa shape index (κ1) is 15.5. The Morgan fingerprint density at radius 3 is 2.67 bits per heavy atom. The highest BCUT2D eigenvalue weighted by molar-refractivity contribution is 9.10. The summed E-state index contributed by atoms with van der Waals surface area (Å²) >= 11 is 4.44. The van der Waals surface area contributed by atoms with Crippen molar-refractivity contribution in [2.75, 3.05) is 25.6 Å². The van der Waals surface area contributed by atoms with Crippen LogP contribution in [0.5, 0.6) is 0 Å². The van der Waals surface area contributed by atoms with Crippen LogP contribution in [0.25, 0.3) is 0 Å². The largest absolute Gasteiger partial charge is 0.475 e. The van der Waals surface area contributed by atoms with E-state index in [0.717, 1.165) is 10.4 Å². The van der Waals surface area contributed by atoms with E-state index in [0.29, 0.717) is 12.3 Å². The average Bonchev–Trinajstić information content (AvgIpc) is 2.68. The number of thioether (sulfide) groups is 1. The number of carbonyl (C=O) groups is 1. The van der Waals surface area contributed by atoms with Gasteiger partial charge in [-0.3, -0.25) is 0 Å². The van der Waals surface area contributed by atoms with Gasteiger partial charge in [0.1, 0.15) is 4.90 Å². The molecule has 0 radical (unpaired) electrons. The van der Waals surface area contributed by atoms with Crippen LogP contribution >= 0.6 is 27.7 Å². The molecule has 0 atom stereocenters. The van der Waals surface area contributed by atoms with E-state index in [4.69, 9.17) is 9.52 Å². The third kappa shape index (κ3) is 3.28. The number of nitrogens with zero attached hydrogens (tertiary/aromatic N) is 1. The monoisotopic (exact) mass is 357 g/mol. The highest BCUT2D eigenvalue weighted by atomic mass is 79.9. The zero-order valence-electron chi connectivity index (χ0n) is 9.71. The van der Waals surface area contributed by atoms with Gasteiger partial charge in [0.2, 0.25) is 15.8 Å². The van der Waals surface area contributed by atoms with E-state index in [1.165, 1.54) is 18.8 Å². The average molecular weight is 358 g/mol. The molecule has 9 heteroatoms. The topological polar surface area (TPSA) is 87.8 Å². The molecule has 0 aliphatic rings. The van der Waals surface area contributed by atoms with Crippen LogP contribution < -0.4 is 0 Å². The van der Waals surface area contributed by atoms with Crippen molar-refractivity contribution in [3.05, 3.63) is 16.5 Å². The maximum atomic E-state index is 12.1. The van der Waals surface area contributed by atoms with E-state index in [1.54, 1.807) is 0 Å². The molecule has 0 bridgehead atoms. The van der Waals surface area contributed by atoms with Crippen molar-refractivity contribution in [2.24, 2.45) is 0 Å². The zero-order chi connectivity index (χ0) is 13.9. The minimum Gasteiger partial charge on any atom is -0.475 e. The van der Waals surface area contributed by atoms with Gasteiger partial charge in [-0.2, -0.15) is 16.1 Å². The van der Waals surface area contributed by atoms with Crippen molar-refractivity contribution in [3.63, 3.8) is 0 Å². The summed E-state index contributed by atoms with van der Waals surface area (Å²) < 4.78 is 30.1. The molecule has 0 unspecified atom stereocenters. The van der Waals surface area contributed by atoms with Crippen LogP contribution in [0.1, 0.15) is 10.6 Å². The highest BCUT2D eigenvalue weighted by Crippen LogP contribution is 2.28. The van der Waals surface area contributed by atoms with E-state index in [2.05, 4.69) is 15.9 Å². The van der Waals surface area contributed by atoms with Crippen LogP contribution in [-0.2, 0) is 10.0 Å². The maximum Gasteiger partial charge on any atom is 0.371 e. The van der Waals surface area contributed by atoms with Crippen LogP contribution in [0.2, 0.25) is 0 Å². The highest BCUT2D eigenvalue weighted by Gasteiger charge is 2.28. The second-order valence-corrected chi connectivity index (χ2v) is 7.09. The number of halogens is 1. The Labute approximate surface area is 118 Å². The lowest BCUT2D eigenvalue weighted by Crippen LogP contribution is -2.29. The van der Waals surface area contributed by atoms with Crippen molar-refractivity contribution < 1.29 is 22.7 Å². The summed E-state index contributed by atoms with van der Waals surface area (Å²) in [5.74, 6) is -1.08. The second-order valence-electron chi connectivity index (χ2n) is 3.37. The van der Waals surface area contributed by atoms with E-state index in [1.807, 2.05) is 6.26 Å². The number of sulfonamides is 1. The van der Waals surface area contributed by atoms with Gasteiger partial charge in [0.15, 0.2) is 4.67 Å². The van der Waals surface area contributed by atoms with Gasteiger partial charge in [0, 0.05) is 25.4 Å². The molecule has 1 N–H and O–H groups in total. The maximum absolute atomic E-state index is 12.1. The Kier molecular flexibility index (Phi) is 5.26. The molecule has 6 nitrogen and oxygen atoms in total. The van der Waals surface area contributed by atoms with E-state index >= 15 is 0 Å². The normalized spacial score (nSPS) is 12.0. The first-order valence-electron chi connectivity index (χ1n) is 4.78. The number of carboxylic acid groups (broad SMARTS) is 1. The standard InChI is InChI=1S/C9H12BrNO5S2/c1-11(3-4-17-2)18(14,15)7-5-6(9(12)13)16-8(7)10/h5H,3-4H2,1-2H3,(H,12,13). The lowest BCUT2D eigenvalue weighted by atomic mass is 10.5. The fraction of sp³-hybridized carbons (Fsp3) is 0.444. The van der Waals surface area contributed by atoms with Gasteiger partial charge in [0.25, 0.3) is 0 Å². The molecule has 0 fully saturated rings.